The highest BCUT2D eigenvalue weighted by Gasteiger charge is 2.31. The smallest absolute Gasteiger partial charge is 0.258 e. The normalized spacial score (nSPS) is 17.6. The van der Waals surface area contributed by atoms with Crippen LogP contribution in [0.1, 0.15) is 24.5 Å². The van der Waals surface area contributed by atoms with E-state index in [1.165, 1.54) is 12.3 Å². The number of nitrogens with zero attached hydrogens (tertiary/aromatic N) is 4. The summed E-state index contributed by atoms with van der Waals surface area (Å²) >= 11 is 0. The van der Waals surface area contributed by atoms with Crippen molar-refractivity contribution in [3.05, 3.63) is 71.8 Å². The highest BCUT2D eigenvalue weighted by molar-refractivity contribution is 7.88. The Bertz CT molecular complexity index is 1770. The highest BCUT2D eigenvalue weighted by atomic mass is 32.2. The molecule has 0 radical (unpaired) electrons. The van der Waals surface area contributed by atoms with E-state index in [1.54, 1.807) is 43.5 Å². The van der Waals surface area contributed by atoms with Crippen molar-refractivity contribution in [3.8, 4) is 22.9 Å². The van der Waals surface area contributed by atoms with Gasteiger partial charge in [0.1, 0.15) is 17.7 Å². The third-order valence-electron chi connectivity index (χ3n) is 7.24. The molecule has 1 aliphatic heterocycles. The minimum Gasteiger partial charge on any atom is -0.437 e. The number of aryl methyl sites for hydroxylation is 1. The number of rotatable bonds is 10. The molecule has 4 aromatic rings. The third-order valence-corrected chi connectivity index (χ3v) is 8.97. The van der Waals surface area contributed by atoms with E-state index in [0.29, 0.717) is 64.6 Å². The van der Waals surface area contributed by atoms with Gasteiger partial charge in [-0.15, -0.1) is 0 Å². The van der Waals surface area contributed by atoms with Crippen LogP contribution in [0.4, 0.5) is 23.5 Å². The van der Waals surface area contributed by atoms with Crippen LogP contribution in [0.15, 0.2) is 54.9 Å². The van der Waals surface area contributed by atoms with Crippen molar-refractivity contribution in [2.75, 3.05) is 32.0 Å². The van der Waals surface area contributed by atoms with Crippen LogP contribution in [0.25, 0.3) is 22.0 Å². The molecule has 5 rings (SSSR count). The minimum absolute atomic E-state index is 0.167. The SMILES string of the molecule is Cc1ccc2c(CS(=O)(=O)N(C)CC(C)(F)F)c(F)ccc2c1Oc1ncccc1-c1ccnc(N[C@@H]2CNC[C@@H](F)C2)n1. The van der Waals surface area contributed by atoms with Gasteiger partial charge in [0.2, 0.25) is 21.9 Å². The van der Waals surface area contributed by atoms with Crippen LogP contribution in [0.2, 0.25) is 0 Å². The Balaban J connectivity index is 1.48. The Kier molecular flexibility index (Phi) is 9.05. The summed E-state index contributed by atoms with van der Waals surface area (Å²) in [5, 5.41) is 6.85. The second kappa shape index (κ2) is 12.6. The lowest BCUT2D eigenvalue weighted by Crippen LogP contribution is -2.44. The summed E-state index contributed by atoms with van der Waals surface area (Å²) in [6.07, 6.45) is 2.45. The molecule has 14 heteroatoms. The molecule has 0 bridgehead atoms. The van der Waals surface area contributed by atoms with Gasteiger partial charge in [-0.05, 0) is 48.2 Å². The van der Waals surface area contributed by atoms with E-state index >= 15 is 4.39 Å². The Hall–Kier alpha value is -3.88. The first kappa shape index (κ1) is 31.5. The fourth-order valence-electron chi connectivity index (χ4n) is 5.11. The zero-order valence-corrected chi connectivity index (χ0v) is 25.1. The molecule has 44 heavy (non-hydrogen) atoms. The van der Waals surface area contributed by atoms with Crippen molar-refractivity contribution < 1.29 is 30.7 Å². The lowest BCUT2D eigenvalue weighted by molar-refractivity contribution is 0.00822. The lowest BCUT2D eigenvalue weighted by Gasteiger charge is -2.26. The molecule has 0 unspecified atom stereocenters. The van der Waals surface area contributed by atoms with Gasteiger partial charge >= 0.3 is 0 Å². The molecule has 9 nitrogen and oxygen atoms in total. The molecular formula is C30H32F4N6O3S. The molecule has 0 saturated carbocycles. The van der Waals surface area contributed by atoms with Gasteiger partial charge in [0.05, 0.1) is 23.6 Å². The summed E-state index contributed by atoms with van der Waals surface area (Å²) < 4.78 is 88.8. The molecule has 2 aromatic carbocycles. The van der Waals surface area contributed by atoms with Crippen LogP contribution in [-0.4, -0.2) is 72.5 Å². The maximum atomic E-state index is 15.1. The van der Waals surface area contributed by atoms with Gasteiger partial charge in [0, 0.05) is 62.9 Å². The monoisotopic (exact) mass is 632 g/mol. The molecule has 2 atom stereocenters. The van der Waals surface area contributed by atoms with Gasteiger partial charge in [-0.1, -0.05) is 12.1 Å². The van der Waals surface area contributed by atoms with Crippen LogP contribution >= 0.6 is 0 Å². The first-order valence-electron chi connectivity index (χ1n) is 13.9. The van der Waals surface area contributed by atoms with E-state index in [-0.39, 0.29) is 22.9 Å². The standard InChI is InChI=1S/C30H32F4N6O3S/c1-18-6-7-21-22(8-9-25(32)24(21)16-44(41,42)40(3)17-30(2,33)34)27(18)43-28-23(5-4-11-36-28)26-10-12-37-29(39-26)38-20-13-19(31)14-35-15-20/h4-12,19-20,35H,13-17H2,1-3H3,(H,37,38,39)/t19-,20-/m0/s1. The molecule has 2 aromatic heterocycles. The van der Waals surface area contributed by atoms with Crippen molar-refractivity contribution in [1.29, 1.82) is 0 Å². The largest absolute Gasteiger partial charge is 0.437 e. The maximum Gasteiger partial charge on any atom is 0.258 e. The molecule has 0 aliphatic carbocycles. The molecule has 3 heterocycles. The number of halogens is 4. The Morgan fingerprint density at radius 1 is 1.09 bits per heavy atom. The number of aromatic nitrogens is 3. The van der Waals surface area contributed by atoms with Crippen molar-refractivity contribution in [2.24, 2.45) is 0 Å². The maximum absolute atomic E-state index is 15.1. The van der Waals surface area contributed by atoms with Crippen LogP contribution in [0.3, 0.4) is 0 Å². The summed E-state index contributed by atoms with van der Waals surface area (Å²) in [5.41, 5.74) is 1.50. The van der Waals surface area contributed by atoms with Crippen LogP contribution < -0.4 is 15.4 Å². The topological polar surface area (TPSA) is 109 Å². The third kappa shape index (κ3) is 7.25. The van der Waals surface area contributed by atoms with Gasteiger partial charge < -0.3 is 15.4 Å². The number of sulfonamides is 1. The first-order valence-corrected chi connectivity index (χ1v) is 15.5. The van der Waals surface area contributed by atoms with E-state index in [1.807, 2.05) is 0 Å². The van der Waals surface area contributed by atoms with Crippen molar-refractivity contribution in [3.63, 3.8) is 0 Å². The van der Waals surface area contributed by atoms with Crippen molar-refractivity contribution in [1.82, 2.24) is 24.6 Å². The molecule has 234 valence electrons. The van der Waals surface area contributed by atoms with E-state index in [9.17, 15) is 21.6 Å². The summed E-state index contributed by atoms with van der Waals surface area (Å²) in [4.78, 5) is 13.3. The second-order valence-corrected chi connectivity index (χ2v) is 13.0. The number of pyridine rings is 1. The van der Waals surface area contributed by atoms with Gasteiger partial charge in [-0.3, -0.25) is 0 Å². The van der Waals surface area contributed by atoms with E-state index < -0.39 is 40.2 Å². The predicted octanol–water partition coefficient (Wildman–Crippen LogP) is 5.46. The lowest BCUT2D eigenvalue weighted by atomic mass is 10.0. The van der Waals surface area contributed by atoms with Gasteiger partial charge in [-0.25, -0.2) is 40.9 Å². The first-order chi connectivity index (χ1) is 20.8. The second-order valence-electron chi connectivity index (χ2n) is 11.0. The van der Waals surface area contributed by atoms with Gasteiger partial charge in [0.25, 0.3) is 5.92 Å². The summed E-state index contributed by atoms with van der Waals surface area (Å²) in [5.74, 6) is -4.08. The van der Waals surface area contributed by atoms with E-state index in [0.717, 1.165) is 13.1 Å². The number of nitrogens with one attached hydrogen (secondary N) is 2. The van der Waals surface area contributed by atoms with Crippen LogP contribution in [-0.2, 0) is 15.8 Å². The Labute approximate surface area is 252 Å². The van der Waals surface area contributed by atoms with E-state index in [2.05, 4.69) is 25.6 Å². The average Bonchev–Trinajstić information content (AvgIpc) is 2.95. The fourth-order valence-corrected chi connectivity index (χ4v) is 6.41. The van der Waals surface area contributed by atoms with Gasteiger partial charge in [0.15, 0.2) is 0 Å². The molecule has 0 amide bonds. The van der Waals surface area contributed by atoms with Crippen LogP contribution in [0.5, 0.6) is 11.6 Å². The number of anilines is 1. The molecule has 2 N–H and O–H groups in total. The van der Waals surface area contributed by atoms with Crippen molar-refractivity contribution in [2.45, 2.75) is 44.2 Å². The number of piperidine rings is 1. The number of hydrogen-bond donors (Lipinski definition) is 2. The van der Waals surface area contributed by atoms with Crippen molar-refractivity contribution >= 4 is 26.7 Å². The number of fused-ring (bicyclic) bond motifs is 1. The van der Waals surface area contributed by atoms with E-state index in [4.69, 9.17) is 4.74 Å². The number of benzene rings is 2. The molecule has 0 spiro atoms. The van der Waals surface area contributed by atoms with Crippen LogP contribution in [0, 0.1) is 12.7 Å². The molecule has 1 aliphatic rings. The Morgan fingerprint density at radius 2 is 1.86 bits per heavy atom. The zero-order valence-electron chi connectivity index (χ0n) is 24.3. The van der Waals surface area contributed by atoms with Gasteiger partial charge in [-0.2, -0.15) is 4.31 Å². The summed E-state index contributed by atoms with van der Waals surface area (Å²) in [6, 6.07) is 10.8. The number of alkyl halides is 3. The zero-order chi connectivity index (χ0) is 31.6. The fraction of sp³-hybridized carbons (Fsp3) is 0.367. The summed E-state index contributed by atoms with van der Waals surface area (Å²) in [7, 11) is -3.25. The number of hydrogen-bond acceptors (Lipinski definition) is 8. The Morgan fingerprint density at radius 3 is 2.61 bits per heavy atom. The molecular weight excluding hydrogens is 600 g/mol. The quantitative estimate of drug-likeness (QED) is 0.222. The molecule has 1 saturated heterocycles. The predicted molar refractivity (Wildman–Crippen MR) is 160 cm³/mol. The average molecular weight is 633 g/mol. The molecule has 1 fully saturated rings. The highest BCUT2D eigenvalue weighted by Crippen LogP contribution is 2.38. The minimum atomic E-state index is -4.29. The summed E-state index contributed by atoms with van der Waals surface area (Å²) in [6.45, 7) is 2.23. The number of ether oxygens (including phenoxy) is 1.